The van der Waals surface area contributed by atoms with Gasteiger partial charge < -0.3 is 15.2 Å². The second kappa shape index (κ2) is 6.52. The van der Waals surface area contributed by atoms with E-state index in [4.69, 9.17) is 15.2 Å². The van der Waals surface area contributed by atoms with Crippen LogP contribution in [0.1, 0.15) is 36.7 Å². The Bertz CT molecular complexity index is 379. The average Bonchev–Trinajstić information content (AvgIpc) is 2.33. The minimum Gasteiger partial charge on any atom is -0.460 e. The van der Waals surface area contributed by atoms with E-state index < -0.39 is 0 Å². The van der Waals surface area contributed by atoms with Gasteiger partial charge in [0, 0.05) is 6.54 Å². The summed E-state index contributed by atoms with van der Waals surface area (Å²) in [5.41, 5.74) is 6.79. The molecule has 0 saturated carbocycles. The molecule has 0 saturated heterocycles. The Labute approximate surface area is 108 Å². The Balaban J connectivity index is 2.36. The molecule has 0 unspecified atom stereocenters. The zero-order valence-electron chi connectivity index (χ0n) is 11.2. The molecule has 0 bridgehead atoms. The molecule has 0 aliphatic heterocycles. The first-order chi connectivity index (χ1) is 8.42. The predicted octanol–water partition coefficient (Wildman–Crippen LogP) is 2.12. The van der Waals surface area contributed by atoms with Crippen LogP contribution in [0.15, 0.2) is 24.3 Å². The molecule has 4 nitrogen and oxygen atoms in total. The van der Waals surface area contributed by atoms with Crippen molar-refractivity contribution in [2.45, 2.75) is 32.9 Å². The topological polar surface area (TPSA) is 61.5 Å². The fourth-order valence-corrected chi connectivity index (χ4v) is 1.34. The molecule has 4 heteroatoms. The van der Waals surface area contributed by atoms with Crippen LogP contribution in [0.2, 0.25) is 0 Å². The Morgan fingerprint density at radius 1 is 1.17 bits per heavy atom. The SMILES string of the molecule is CC(C)(C)OCCOC(=O)c1ccc(CN)cc1. The number of rotatable bonds is 5. The van der Waals surface area contributed by atoms with Gasteiger partial charge in [0.05, 0.1) is 17.8 Å². The van der Waals surface area contributed by atoms with Crippen LogP contribution in [0, 0.1) is 0 Å². The summed E-state index contributed by atoms with van der Waals surface area (Å²) >= 11 is 0. The lowest BCUT2D eigenvalue weighted by Gasteiger charge is -2.19. The molecule has 0 heterocycles. The van der Waals surface area contributed by atoms with Crippen LogP contribution in [-0.4, -0.2) is 24.8 Å². The molecule has 0 atom stereocenters. The molecule has 0 amide bonds. The van der Waals surface area contributed by atoms with E-state index in [2.05, 4.69) is 0 Å². The first kappa shape index (κ1) is 14.7. The number of nitrogens with two attached hydrogens (primary N) is 1. The van der Waals surface area contributed by atoms with Crippen molar-refractivity contribution in [2.24, 2.45) is 5.73 Å². The molecule has 0 spiro atoms. The summed E-state index contributed by atoms with van der Waals surface area (Å²) in [6.07, 6.45) is 0. The highest BCUT2D eigenvalue weighted by Crippen LogP contribution is 2.07. The number of hydrogen-bond acceptors (Lipinski definition) is 4. The van der Waals surface area contributed by atoms with Gasteiger partial charge in [0.25, 0.3) is 0 Å². The molecule has 2 N–H and O–H groups in total. The van der Waals surface area contributed by atoms with Crippen LogP contribution in [0.25, 0.3) is 0 Å². The van der Waals surface area contributed by atoms with E-state index in [-0.39, 0.29) is 18.2 Å². The third-order valence-electron chi connectivity index (χ3n) is 2.28. The maximum Gasteiger partial charge on any atom is 0.338 e. The summed E-state index contributed by atoms with van der Waals surface area (Å²) in [6, 6.07) is 7.08. The zero-order chi connectivity index (χ0) is 13.6. The smallest absolute Gasteiger partial charge is 0.338 e. The van der Waals surface area contributed by atoms with Gasteiger partial charge in [-0.1, -0.05) is 12.1 Å². The maximum atomic E-state index is 11.7. The third kappa shape index (κ3) is 5.29. The van der Waals surface area contributed by atoms with Crippen LogP contribution < -0.4 is 5.73 Å². The van der Waals surface area contributed by atoms with Gasteiger partial charge in [-0.05, 0) is 38.5 Å². The van der Waals surface area contributed by atoms with Crippen molar-refractivity contribution in [3.63, 3.8) is 0 Å². The summed E-state index contributed by atoms with van der Waals surface area (Å²) < 4.78 is 10.6. The van der Waals surface area contributed by atoms with Gasteiger partial charge in [-0.25, -0.2) is 4.79 Å². The summed E-state index contributed by atoms with van der Waals surface area (Å²) in [5.74, 6) is -0.337. The molecule has 0 aliphatic rings. The quantitative estimate of drug-likeness (QED) is 0.643. The number of carbonyl (C=O) groups is 1. The van der Waals surface area contributed by atoms with Crippen molar-refractivity contribution in [3.8, 4) is 0 Å². The normalized spacial score (nSPS) is 11.3. The largest absolute Gasteiger partial charge is 0.460 e. The predicted molar refractivity (Wildman–Crippen MR) is 70.3 cm³/mol. The van der Waals surface area contributed by atoms with Crippen molar-refractivity contribution < 1.29 is 14.3 Å². The third-order valence-corrected chi connectivity index (χ3v) is 2.28. The highest BCUT2D eigenvalue weighted by Gasteiger charge is 2.11. The number of hydrogen-bond donors (Lipinski definition) is 1. The van der Waals surface area contributed by atoms with E-state index in [1.807, 2.05) is 32.9 Å². The monoisotopic (exact) mass is 251 g/mol. The standard InChI is InChI=1S/C14H21NO3/c1-14(2,3)18-9-8-17-13(16)12-6-4-11(10-15)5-7-12/h4-7H,8-10,15H2,1-3H3. The number of benzene rings is 1. The van der Waals surface area contributed by atoms with Gasteiger partial charge in [0.2, 0.25) is 0 Å². The van der Waals surface area contributed by atoms with Gasteiger partial charge in [-0.3, -0.25) is 0 Å². The van der Waals surface area contributed by atoms with Crippen molar-refractivity contribution >= 4 is 5.97 Å². The van der Waals surface area contributed by atoms with Gasteiger partial charge in [0.15, 0.2) is 0 Å². The van der Waals surface area contributed by atoms with Crippen molar-refractivity contribution in [3.05, 3.63) is 35.4 Å². The average molecular weight is 251 g/mol. The van der Waals surface area contributed by atoms with E-state index in [0.29, 0.717) is 18.7 Å². The lowest BCUT2D eigenvalue weighted by atomic mass is 10.1. The van der Waals surface area contributed by atoms with Gasteiger partial charge in [0.1, 0.15) is 6.61 Å². The molecule has 1 rings (SSSR count). The first-order valence-corrected chi connectivity index (χ1v) is 6.02. The fraction of sp³-hybridized carbons (Fsp3) is 0.500. The minimum atomic E-state index is -0.337. The molecular formula is C14H21NO3. The lowest BCUT2D eigenvalue weighted by Crippen LogP contribution is -2.22. The fourth-order valence-electron chi connectivity index (χ4n) is 1.34. The van der Waals surface area contributed by atoms with Gasteiger partial charge in [-0.15, -0.1) is 0 Å². The molecule has 0 aromatic heterocycles. The highest BCUT2D eigenvalue weighted by atomic mass is 16.6. The van der Waals surface area contributed by atoms with Gasteiger partial charge in [-0.2, -0.15) is 0 Å². The lowest BCUT2D eigenvalue weighted by molar-refractivity contribution is -0.0281. The Morgan fingerprint density at radius 2 is 1.78 bits per heavy atom. The second-order valence-corrected chi connectivity index (χ2v) is 5.00. The van der Waals surface area contributed by atoms with Crippen molar-refractivity contribution in [2.75, 3.05) is 13.2 Å². The summed E-state index contributed by atoms with van der Waals surface area (Å²) in [7, 11) is 0. The summed E-state index contributed by atoms with van der Waals surface area (Å²) in [6.45, 7) is 7.00. The Hall–Kier alpha value is -1.39. The molecule has 1 aromatic rings. The number of carbonyl (C=O) groups excluding carboxylic acids is 1. The second-order valence-electron chi connectivity index (χ2n) is 5.00. The maximum absolute atomic E-state index is 11.7. The van der Waals surface area contributed by atoms with Crippen molar-refractivity contribution in [1.29, 1.82) is 0 Å². The zero-order valence-corrected chi connectivity index (χ0v) is 11.2. The van der Waals surface area contributed by atoms with Crippen LogP contribution in [-0.2, 0) is 16.0 Å². The Morgan fingerprint density at radius 3 is 2.28 bits per heavy atom. The van der Waals surface area contributed by atoms with Crippen LogP contribution in [0.5, 0.6) is 0 Å². The molecule has 0 aliphatic carbocycles. The molecule has 0 fully saturated rings. The van der Waals surface area contributed by atoms with E-state index in [9.17, 15) is 4.79 Å². The van der Waals surface area contributed by atoms with E-state index in [0.717, 1.165) is 5.56 Å². The van der Waals surface area contributed by atoms with Crippen LogP contribution in [0.3, 0.4) is 0 Å². The summed E-state index contributed by atoms with van der Waals surface area (Å²) in [4.78, 5) is 11.7. The Kier molecular flexibility index (Phi) is 5.31. The van der Waals surface area contributed by atoms with Crippen LogP contribution in [0.4, 0.5) is 0 Å². The summed E-state index contributed by atoms with van der Waals surface area (Å²) in [5, 5.41) is 0. The van der Waals surface area contributed by atoms with E-state index in [1.165, 1.54) is 0 Å². The number of ether oxygens (including phenoxy) is 2. The van der Waals surface area contributed by atoms with E-state index >= 15 is 0 Å². The first-order valence-electron chi connectivity index (χ1n) is 6.02. The number of esters is 1. The molecule has 1 aromatic carbocycles. The molecule has 100 valence electrons. The molecular weight excluding hydrogens is 230 g/mol. The van der Waals surface area contributed by atoms with E-state index in [1.54, 1.807) is 12.1 Å². The van der Waals surface area contributed by atoms with Crippen molar-refractivity contribution in [1.82, 2.24) is 0 Å². The molecule has 0 radical (unpaired) electrons. The molecule has 18 heavy (non-hydrogen) atoms. The van der Waals surface area contributed by atoms with Crippen LogP contribution >= 0.6 is 0 Å². The minimum absolute atomic E-state index is 0.213. The highest BCUT2D eigenvalue weighted by molar-refractivity contribution is 5.89. The van der Waals surface area contributed by atoms with Gasteiger partial charge >= 0.3 is 5.97 Å².